The van der Waals surface area contributed by atoms with E-state index in [1.54, 1.807) is 42.5 Å². The molecule has 2 N–H and O–H groups in total. The summed E-state index contributed by atoms with van der Waals surface area (Å²) in [5, 5.41) is 6.70. The van der Waals surface area contributed by atoms with Crippen molar-refractivity contribution in [3.63, 3.8) is 0 Å². The number of hydrogen-bond acceptors (Lipinski definition) is 6. The molecule has 0 heterocycles. The molecule has 0 spiro atoms. The predicted octanol–water partition coefficient (Wildman–Crippen LogP) is 4.06. The minimum Gasteiger partial charge on any atom is -0.493 e. The summed E-state index contributed by atoms with van der Waals surface area (Å²) in [4.78, 5) is 36.0. The maximum atomic E-state index is 12.1. The summed E-state index contributed by atoms with van der Waals surface area (Å²) >= 11 is 5.78. The number of anilines is 1. The second kappa shape index (κ2) is 12.0. The van der Waals surface area contributed by atoms with Crippen molar-refractivity contribution in [1.82, 2.24) is 5.43 Å². The Labute approximate surface area is 200 Å². The number of amides is 2. The van der Waals surface area contributed by atoms with Crippen LogP contribution in [0.5, 0.6) is 11.5 Å². The van der Waals surface area contributed by atoms with Crippen LogP contribution in [0.15, 0.2) is 84.0 Å². The zero-order valence-corrected chi connectivity index (χ0v) is 18.8. The number of nitrogens with zero attached hydrogens (tertiary/aromatic N) is 1. The van der Waals surface area contributed by atoms with Crippen molar-refractivity contribution in [2.24, 2.45) is 5.10 Å². The number of benzene rings is 3. The topological polar surface area (TPSA) is 106 Å². The molecule has 0 saturated heterocycles. The third-order valence-electron chi connectivity index (χ3n) is 4.30. The minimum atomic E-state index is -0.950. The molecule has 3 aromatic rings. The van der Waals surface area contributed by atoms with E-state index >= 15 is 0 Å². The van der Waals surface area contributed by atoms with E-state index < -0.39 is 17.8 Å². The highest BCUT2D eigenvalue weighted by molar-refractivity contribution is 6.39. The van der Waals surface area contributed by atoms with E-state index in [1.165, 1.54) is 25.5 Å². The maximum Gasteiger partial charge on any atom is 0.336 e. The molecular weight excluding hydrogens is 458 g/mol. The van der Waals surface area contributed by atoms with E-state index in [0.717, 1.165) is 5.56 Å². The summed E-state index contributed by atoms with van der Waals surface area (Å²) < 4.78 is 10.6. The van der Waals surface area contributed by atoms with Crippen molar-refractivity contribution in [2.75, 3.05) is 12.4 Å². The van der Waals surface area contributed by atoms with Gasteiger partial charge in [-0.2, -0.15) is 5.10 Å². The van der Waals surface area contributed by atoms with Crippen LogP contribution in [-0.4, -0.2) is 31.1 Å². The van der Waals surface area contributed by atoms with Gasteiger partial charge in [0.25, 0.3) is 0 Å². The molecule has 0 radical (unpaired) electrons. The fraction of sp³-hybridized carbons (Fsp3) is 0.0400. The average molecular weight is 478 g/mol. The van der Waals surface area contributed by atoms with Gasteiger partial charge in [-0.3, -0.25) is 9.59 Å². The highest BCUT2D eigenvalue weighted by Gasteiger charge is 2.13. The second-order valence-corrected chi connectivity index (χ2v) is 7.17. The summed E-state index contributed by atoms with van der Waals surface area (Å²) in [6.07, 6.45) is 4.27. The Morgan fingerprint density at radius 3 is 2.32 bits per heavy atom. The molecule has 3 rings (SSSR count). The van der Waals surface area contributed by atoms with Gasteiger partial charge in [0.05, 0.1) is 13.3 Å². The largest absolute Gasteiger partial charge is 0.493 e. The Hall–Kier alpha value is -4.43. The van der Waals surface area contributed by atoms with Gasteiger partial charge in [-0.15, -0.1) is 0 Å². The van der Waals surface area contributed by atoms with Gasteiger partial charge >= 0.3 is 17.8 Å². The van der Waals surface area contributed by atoms with Gasteiger partial charge in [-0.25, -0.2) is 10.2 Å². The number of nitrogens with one attached hydrogen (secondary N) is 2. The first-order chi connectivity index (χ1) is 16.4. The lowest BCUT2D eigenvalue weighted by atomic mass is 10.2. The lowest BCUT2D eigenvalue weighted by Gasteiger charge is -2.08. The van der Waals surface area contributed by atoms with Crippen LogP contribution in [0.1, 0.15) is 11.1 Å². The Morgan fingerprint density at radius 2 is 1.62 bits per heavy atom. The van der Waals surface area contributed by atoms with E-state index in [9.17, 15) is 14.4 Å². The number of esters is 1. The highest BCUT2D eigenvalue weighted by Crippen LogP contribution is 2.27. The molecule has 0 aliphatic heterocycles. The van der Waals surface area contributed by atoms with Crippen LogP contribution in [0.2, 0.25) is 5.02 Å². The Balaban J connectivity index is 1.56. The summed E-state index contributed by atoms with van der Waals surface area (Å²) in [5.41, 5.74) is 3.95. The molecule has 172 valence electrons. The maximum absolute atomic E-state index is 12.1. The zero-order valence-electron chi connectivity index (χ0n) is 18.0. The monoisotopic (exact) mass is 477 g/mol. The second-order valence-electron chi connectivity index (χ2n) is 6.74. The van der Waals surface area contributed by atoms with Crippen LogP contribution in [0.4, 0.5) is 5.69 Å². The van der Waals surface area contributed by atoms with Crippen LogP contribution in [0, 0.1) is 0 Å². The van der Waals surface area contributed by atoms with Crippen LogP contribution in [0.25, 0.3) is 6.08 Å². The van der Waals surface area contributed by atoms with Crippen molar-refractivity contribution in [1.29, 1.82) is 0 Å². The molecule has 34 heavy (non-hydrogen) atoms. The van der Waals surface area contributed by atoms with Gasteiger partial charge in [-0.05, 0) is 59.7 Å². The summed E-state index contributed by atoms with van der Waals surface area (Å²) in [6.45, 7) is 0. The fourth-order valence-corrected chi connectivity index (χ4v) is 2.78. The van der Waals surface area contributed by atoms with Gasteiger partial charge in [-0.1, -0.05) is 41.9 Å². The van der Waals surface area contributed by atoms with Gasteiger partial charge in [0.1, 0.15) is 0 Å². The van der Waals surface area contributed by atoms with Gasteiger partial charge in [0.15, 0.2) is 11.5 Å². The lowest BCUT2D eigenvalue weighted by Crippen LogP contribution is -2.32. The number of halogens is 1. The third kappa shape index (κ3) is 7.32. The summed E-state index contributed by atoms with van der Waals surface area (Å²) in [5.74, 6) is -1.90. The molecular formula is C25H20ClN3O5. The van der Waals surface area contributed by atoms with Gasteiger partial charge < -0.3 is 14.8 Å². The van der Waals surface area contributed by atoms with E-state index in [2.05, 4.69) is 15.8 Å². The summed E-state index contributed by atoms with van der Waals surface area (Å²) in [7, 11) is 1.43. The van der Waals surface area contributed by atoms with Gasteiger partial charge in [0, 0.05) is 16.8 Å². The molecule has 9 heteroatoms. The average Bonchev–Trinajstić information content (AvgIpc) is 2.85. The SMILES string of the molecule is COc1cc(C=NNC(=O)C(=O)Nc2ccc(Cl)cc2)ccc1OC(=O)C=Cc1ccccc1. The van der Waals surface area contributed by atoms with E-state index in [4.69, 9.17) is 21.1 Å². The number of hydrogen-bond donors (Lipinski definition) is 2. The molecule has 0 bridgehead atoms. The smallest absolute Gasteiger partial charge is 0.336 e. The molecule has 0 aromatic heterocycles. The van der Waals surface area contributed by atoms with Crippen molar-refractivity contribution in [3.05, 3.63) is 95.0 Å². The Kier molecular flexibility index (Phi) is 8.54. The first kappa shape index (κ1) is 24.2. The molecule has 3 aromatic carbocycles. The number of carbonyl (C=O) groups excluding carboxylic acids is 3. The standard InChI is InChI=1S/C25H20ClN3O5/c1-33-22-15-18(7-13-21(22)34-23(30)14-8-17-5-3-2-4-6-17)16-27-29-25(32)24(31)28-20-11-9-19(26)10-12-20/h2-16H,1H3,(H,28,31)(H,29,32). The van der Waals surface area contributed by atoms with Crippen LogP contribution in [0.3, 0.4) is 0 Å². The minimum absolute atomic E-state index is 0.216. The molecule has 8 nitrogen and oxygen atoms in total. The van der Waals surface area contributed by atoms with Gasteiger partial charge in [0.2, 0.25) is 0 Å². The molecule has 0 atom stereocenters. The Bertz CT molecular complexity index is 1230. The molecule has 0 saturated carbocycles. The lowest BCUT2D eigenvalue weighted by molar-refractivity contribution is -0.136. The van der Waals surface area contributed by atoms with Crippen molar-refractivity contribution >= 4 is 47.4 Å². The molecule has 0 unspecified atom stereocenters. The Morgan fingerprint density at radius 1 is 0.882 bits per heavy atom. The quantitative estimate of drug-likeness (QED) is 0.133. The number of rotatable bonds is 7. The third-order valence-corrected chi connectivity index (χ3v) is 4.55. The van der Waals surface area contributed by atoms with Crippen LogP contribution >= 0.6 is 11.6 Å². The first-order valence-electron chi connectivity index (χ1n) is 9.97. The molecule has 0 fully saturated rings. The first-order valence-corrected chi connectivity index (χ1v) is 10.4. The highest BCUT2D eigenvalue weighted by atomic mass is 35.5. The molecule has 0 aliphatic carbocycles. The number of carbonyl (C=O) groups is 3. The van der Waals surface area contributed by atoms with E-state index in [1.807, 2.05) is 30.3 Å². The zero-order chi connectivity index (χ0) is 24.3. The van der Waals surface area contributed by atoms with Crippen LogP contribution < -0.4 is 20.2 Å². The summed E-state index contributed by atoms with van der Waals surface area (Å²) in [6, 6.07) is 20.3. The van der Waals surface area contributed by atoms with Crippen molar-refractivity contribution < 1.29 is 23.9 Å². The molecule has 0 aliphatic rings. The normalized spacial score (nSPS) is 10.8. The number of ether oxygens (including phenoxy) is 2. The number of methoxy groups -OCH3 is 1. The molecule has 2 amide bonds. The van der Waals surface area contributed by atoms with E-state index in [0.29, 0.717) is 16.3 Å². The fourth-order valence-electron chi connectivity index (χ4n) is 2.66. The van der Waals surface area contributed by atoms with E-state index in [-0.39, 0.29) is 11.5 Å². The number of hydrazone groups is 1. The van der Waals surface area contributed by atoms with Crippen molar-refractivity contribution in [3.8, 4) is 11.5 Å². The predicted molar refractivity (Wildman–Crippen MR) is 130 cm³/mol. The van der Waals surface area contributed by atoms with Crippen LogP contribution in [-0.2, 0) is 14.4 Å². The van der Waals surface area contributed by atoms with Crippen molar-refractivity contribution in [2.45, 2.75) is 0 Å².